The van der Waals surface area contributed by atoms with E-state index in [0.29, 0.717) is 0 Å². The van der Waals surface area contributed by atoms with Gasteiger partial charge in [0.25, 0.3) is 0 Å². The van der Waals surface area contributed by atoms with Gasteiger partial charge in [0.1, 0.15) is 12.2 Å². The molecule has 0 spiro atoms. The molecule has 1 aliphatic heterocycles. The number of rotatable bonds is 0. The third-order valence-corrected chi connectivity index (χ3v) is 2.28. The van der Waals surface area contributed by atoms with E-state index in [1.165, 1.54) is 0 Å². The fraction of sp³-hybridized carbons (Fsp3) is 1.00. The van der Waals surface area contributed by atoms with Crippen LogP contribution in [-0.4, -0.2) is 20.6 Å². The fourth-order valence-electron chi connectivity index (χ4n) is 0.551. The van der Waals surface area contributed by atoms with Gasteiger partial charge in [0.2, 0.25) is 0 Å². The molecule has 0 bridgehead atoms. The summed E-state index contributed by atoms with van der Waals surface area (Å²) in [7, 11) is -3.64. The Bertz CT molecular complexity index is 179. The number of hydrogen-bond donors (Lipinski definition) is 0. The standard InChI is InChI=1S/C4H8O4S/c1-3-4(2)8-9(5,6)7-3/h3-4H,1-2H3/t3-,4-/m0/s1. The summed E-state index contributed by atoms with van der Waals surface area (Å²) in [5.74, 6) is 0. The van der Waals surface area contributed by atoms with Gasteiger partial charge in [-0.05, 0) is 13.8 Å². The molecule has 5 heteroatoms. The van der Waals surface area contributed by atoms with Crippen molar-refractivity contribution >= 4 is 10.4 Å². The second-order valence-corrected chi connectivity index (χ2v) is 3.21. The van der Waals surface area contributed by atoms with Gasteiger partial charge in [-0.3, -0.25) is 0 Å². The van der Waals surface area contributed by atoms with Crippen LogP contribution >= 0.6 is 0 Å². The SMILES string of the molecule is C[C@@H]1OS(=O)(=O)O[C@H]1C. The van der Waals surface area contributed by atoms with Crippen molar-refractivity contribution in [1.29, 1.82) is 0 Å². The van der Waals surface area contributed by atoms with Crippen LogP contribution in [0.2, 0.25) is 0 Å². The Morgan fingerprint density at radius 1 is 1.11 bits per heavy atom. The van der Waals surface area contributed by atoms with Crippen LogP contribution in [0, 0.1) is 0 Å². The summed E-state index contributed by atoms with van der Waals surface area (Å²) in [5.41, 5.74) is 0. The normalized spacial score (nSPS) is 41.1. The van der Waals surface area contributed by atoms with E-state index in [1.807, 2.05) is 0 Å². The molecule has 0 aliphatic carbocycles. The van der Waals surface area contributed by atoms with E-state index in [2.05, 4.69) is 8.37 Å². The van der Waals surface area contributed by atoms with Gasteiger partial charge in [-0.1, -0.05) is 0 Å². The van der Waals surface area contributed by atoms with Crippen molar-refractivity contribution in [2.45, 2.75) is 26.1 Å². The highest BCUT2D eigenvalue weighted by Crippen LogP contribution is 2.18. The summed E-state index contributed by atoms with van der Waals surface area (Å²) < 4.78 is 29.6. The second-order valence-electron chi connectivity index (χ2n) is 2.01. The monoisotopic (exact) mass is 152 g/mol. The van der Waals surface area contributed by atoms with E-state index < -0.39 is 10.4 Å². The molecule has 1 fully saturated rings. The van der Waals surface area contributed by atoms with Crippen molar-refractivity contribution in [2.75, 3.05) is 0 Å². The molecular weight excluding hydrogens is 144 g/mol. The first-order valence-electron chi connectivity index (χ1n) is 2.63. The van der Waals surface area contributed by atoms with E-state index in [-0.39, 0.29) is 12.2 Å². The van der Waals surface area contributed by atoms with E-state index in [0.717, 1.165) is 0 Å². The zero-order valence-electron chi connectivity index (χ0n) is 5.20. The van der Waals surface area contributed by atoms with Gasteiger partial charge in [-0.15, -0.1) is 0 Å². The lowest BCUT2D eigenvalue weighted by Crippen LogP contribution is -2.13. The predicted octanol–water partition coefficient (Wildman–Crippen LogP) is 0.0550. The summed E-state index contributed by atoms with van der Waals surface area (Å²) >= 11 is 0. The van der Waals surface area contributed by atoms with Crippen molar-refractivity contribution in [3.05, 3.63) is 0 Å². The highest BCUT2D eigenvalue weighted by atomic mass is 32.3. The lowest BCUT2D eigenvalue weighted by molar-refractivity contribution is 0.187. The van der Waals surface area contributed by atoms with Crippen LogP contribution in [0.25, 0.3) is 0 Å². The Morgan fingerprint density at radius 2 is 1.44 bits per heavy atom. The Balaban J connectivity index is 2.77. The zero-order chi connectivity index (χ0) is 7.07. The molecule has 0 aromatic heterocycles. The molecule has 0 aromatic carbocycles. The number of hydrogen-bond acceptors (Lipinski definition) is 4. The van der Waals surface area contributed by atoms with E-state index >= 15 is 0 Å². The Kier molecular flexibility index (Phi) is 1.50. The van der Waals surface area contributed by atoms with Gasteiger partial charge in [-0.2, -0.15) is 8.42 Å². The molecule has 1 heterocycles. The van der Waals surface area contributed by atoms with Gasteiger partial charge in [0, 0.05) is 0 Å². The van der Waals surface area contributed by atoms with Crippen molar-refractivity contribution < 1.29 is 16.8 Å². The van der Waals surface area contributed by atoms with Crippen LogP contribution in [0.5, 0.6) is 0 Å². The minimum atomic E-state index is -3.64. The predicted molar refractivity (Wildman–Crippen MR) is 30.0 cm³/mol. The van der Waals surface area contributed by atoms with E-state index in [4.69, 9.17) is 0 Å². The summed E-state index contributed by atoms with van der Waals surface area (Å²) in [6, 6.07) is 0. The molecule has 54 valence electrons. The van der Waals surface area contributed by atoms with Crippen LogP contribution in [-0.2, 0) is 18.8 Å². The summed E-state index contributed by atoms with van der Waals surface area (Å²) in [4.78, 5) is 0. The molecule has 0 saturated carbocycles. The minimum Gasteiger partial charge on any atom is -0.242 e. The van der Waals surface area contributed by atoms with Crippen LogP contribution in [0.15, 0.2) is 0 Å². The molecule has 1 saturated heterocycles. The average molecular weight is 152 g/mol. The first-order chi connectivity index (χ1) is 4.01. The van der Waals surface area contributed by atoms with Crippen molar-refractivity contribution in [2.24, 2.45) is 0 Å². The third kappa shape index (κ3) is 1.41. The topological polar surface area (TPSA) is 52.6 Å². The Hall–Kier alpha value is -0.130. The quantitative estimate of drug-likeness (QED) is 0.492. The maximum Gasteiger partial charge on any atom is 0.400 e. The van der Waals surface area contributed by atoms with Crippen LogP contribution in [0.3, 0.4) is 0 Å². The maximum atomic E-state index is 10.4. The first-order valence-corrected chi connectivity index (χ1v) is 3.96. The van der Waals surface area contributed by atoms with Gasteiger partial charge in [-0.25, -0.2) is 8.37 Å². The van der Waals surface area contributed by atoms with Gasteiger partial charge in [0.05, 0.1) is 0 Å². The average Bonchev–Trinajstić information content (AvgIpc) is 1.79. The molecule has 0 N–H and O–H groups in total. The molecule has 1 rings (SSSR count). The highest BCUT2D eigenvalue weighted by molar-refractivity contribution is 7.82. The highest BCUT2D eigenvalue weighted by Gasteiger charge is 2.33. The Labute approximate surface area is 54.1 Å². The van der Waals surface area contributed by atoms with Gasteiger partial charge < -0.3 is 0 Å². The Morgan fingerprint density at radius 3 is 1.56 bits per heavy atom. The van der Waals surface area contributed by atoms with Crippen LogP contribution in [0.4, 0.5) is 0 Å². The van der Waals surface area contributed by atoms with Crippen LogP contribution < -0.4 is 0 Å². The lowest BCUT2D eigenvalue weighted by Gasteiger charge is -1.98. The third-order valence-electron chi connectivity index (χ3n) is 1.20. The van der Waals surface area contributed by atoms with E-state index in [9.17, 15) is 8.42 Å². The lowest BCUT2D eigenvalue weighted by atomic mass is 10.3. The molecule has 9 heavy (non-hydrogen) atoms. The van der Waals surface area contributed by atoms with Crippen molar-refractivity contribution in [3.63, 3.8) is 0 Å². The molecule has 1 aliphatic rings. The molecule has 2 atom stereocenters. The summed E-state index contributed by atoms with van der Waals surface area (Å²) in [6.45, 7) is 3.30. The van der Waals surface area contributed by atoms with Crippen molar-refractivity contribution in [1.82, 2.24) is 0 Å². The molecule has 0 radical (unpaired) electrons. The second kappa shape index (κ2) is 1.93. The molecular formula is C4H8O4S. The zero-order valence-corrected chi connectivity index (χ0v) is 6.01. The molecule has 0 amide bonds. The largest absolute Gasteiger partial charge is 0.400 e. The van der Waals surface area contributed by atoms with Crippen molar-refractivity contribution in [3.8, 4) is 0 Å². The molecule has 0 unspecified atom stereocenters. The fourth-order valence-corrected chi connectivity index (χ4v) is 1.65. The van der Waals surface area contributed by atoms with Gasteiger partial charge >= 0.3 is 10.4 Å². The minimum absolute atomic E-state index is 0.352. The molecule has 4 nitrogen and oxygen atoms in total. The summed E-state index contributed by atoms with van der Waals surface area (Å²) in [5, 5.41) is 0. The van der Waals surface area contributed by atoms with E-state index in [1.54, 1.807) is 13.8 Å². The smallest absolute Gasteiger partial charge is 0.242 e. The molecule has 0 aromatic rings. The van der Waals surface area contributed by atoms with Gasteiger partial charge in [0.15, 0.2) is 0 Å². The van der Waals surface area contributed by atoms with Crippen LogP contribution in [0.1, 0.15) is 13.8 Å². The summed E-state index contributed by atoms with van der Waals surface area (Å²) in [6.07, 6.45) is -0.704. The first kappa shape index (κ1) is 6.98. The maximum absolute atomic E-state index is 10.4.